The lowest BCUT2D eigenvalue weighted by Gasteiger charge is -2.09. The maximum Gasteiger partial charge on any atom is 0.257 e. The number of hydrogen-bond donors (Lipinski definition) is 2. The highest BCUT2D eigenvalue weighted by atomic mass is 79.9. The van der Waals surface area contributed by atoms with E-state index in [2.05, 4.69) is 43.5 Å². The molecule has 0 radical (unpaired) electrons. The monoisotopic (exact) mass is 480 g/mol. The fourth-order valence-electron chi connectivity index (χ4n) is 2.89. The molecule has 2 aromatic carbocycles. The van der Waals surface area contributed by atoms with E-state index in [0.717, 1.165) is 16.5 Å². The summed E-state index contributed by atoms with van der Waals surface area (Å²) >= 11 is 8.67. The molecule has 0 atom stereocenters. The van der Waals surface area contributed by atoms with Crippen LogP contribution in [-0.4, -0.2) is 21.0 Å². The maximum absolute atomic E-state index is 12.4. The second-order valence-corrected chi connectivity index (χ2v) is 7.88. The van der Waals surface area contributed by atoms with Gasteiger partial charge in [-0.05, 0) is 76.5 Å². The average molecular weight is 481 g/mol. The number of nitrogens with zero attached hydrogens (tertiary/aromatic N) is 2. The van der Waals surface area contributed by atoms with Gasteiger partial charge in [0.1, 0.15) is 5.52 Å². The lowest BCUT2D eigenvalue weighted by atomic mass is 10.1. The van der Waals surface area contributed by atoms with Crippen LogP contribution in [0.1, 0.15) is 22.8 Å². The SMILES string of the molecule is CCc1ccc(C(=O)NC(=S)Nc2ccc3oc(-c4cncc(Br)c4)nc3c2)cc1. The van der Waals surface area contributed by atoms with Crippen molar-refractivity contribution in [3.63, 3.8) is 0 Å². The van der Waals surface area contributed by atoms with E-state index in [1.807, 2.05) is 30.3 Å². The number of fused-ring (bicyclic) bond motifs is 1. The van der Waals surface area contributed by atoms with Gasteiger partial charge < -0.3 is 9.73 Å². The fraction of sp³-hybridized carbons (Fsp3) is 0.0909. The molecule has 2 N–H and O–H groups in total. The molecule has 0 spiro atoms. The van der Waals surface area contributed by atoms with Gasteiger partial charge in [0, 0.05) is 28.1 Å². The summed E-state index contributed by atoms with van der Waals surface area (Å²) in [7, 11) is 0. The Morgan fingerprint density at radius 2 is 1.93 bits per heavy atom. The summed E-state index contributed by atoms with van der Waals surface area (Å²) in [5.74, 6) is 0.212. The summed E-state index contributed by atoms with van der Waals surface area (Å²) in [4.78, 5) is 21.0. The Hall–Kier alpha value is -3.10. The molecule has 4 rings (SSSR count). The molecule has 0 aliphatic rings. The molecule has 0 unspecified atom stereocenters. The number of pyridine rings is 1. The van der Waals surface area contributed by atoms with Gasteiger partial charge >= 0.3 is 0 Å². The number of nitrogens with one attached hydrogen (secondary N) is 2. The number of carbonyl (C=O) groups is 1. The summed E-state index contributed by atoms with van der Waals surface area (Å²) in [6, 6.07) is 14.7. The van der Waals surface area contributed by atoms with Crippen molar-refractivity contribution in [2.45, 2.75) is 13.3 Å². The van der Waals surface area contributed by atoms with Gasteiger partial charge in [-0.15, -0.1) is 0 Å². The maximum atomic E-state index is 12.4. The van der Waals surface area contributed by atoms with Gasteiger partial charge in [0.05, 0.1) is 5.56 Å². The first kappa shape index (κ1) is 20.2. The van der Waals surface area contributed by atoms with Gasteiger partial charge in [-0.25, -0.2) is 4.98 Å². The topological polar surface area (TPSA) is 80.0 Å². The third-order valence-corrected chi connectivity index (χ3v) is 5.09. The molecule has 2 heterocycles. The minimum atomic E-state index is -0.262. The minimum Gasteiger partial charge on any atom is -0.436 e. The molecule has 0 fully saturated rings. The largest absolute Gasteiger partial charge is 0.436 e. The van der Waals surface area contributed by atoms with E-state index < -0.39 is 0 Å². The van der Waals surface area contributed by atoms with E-state index in [1.165, 1.54) is 5.56 Å². The normalized spacial score (nSPS) is 10.7. The van der Waals surface area contributed by atoms with E-state index in [0.29, 0.717) is 28.2 Å². The fourth-order valence-corrected chi connectivity index (χ4v) is 3.46. The zero-order chi connectivity index (χ0) is 21.1. The smallest absolute Gasteiger partial charge is 0.257 e. The number of halogens is 1. The molecule has 1 amide bonds. The molecule has 0 saturated heterocycles. The molecule has 150 valence electrons. The van der Waals surface area contributed by atoms with Crippen molar-refractivity contribution in [2.75, 3.05) is 5.32 Å². The molecule has 0 saturated carbocycles. The van der Waals surface area contributed by atoms with Crippen molar-refractivity contribution in [1.29, 1.82) is 0 Å². The number of oxazole rings is 1. The van der Waals surface area contributed by atoms with Gasteiger partial charge in [-0.2, -0.15) is 0 Å². The number of amides is 1. The lowest BCUT2D eigenvalue weighted by Crippen LogP contribution is -2.34. The molecule has 8 heteroatoms. The number of aryl methyl sites for hydroxylation is 1. The zero-order valence-electron chi connectivity index (χ0n) is 16.0. The Labute approximate surface area is 186 Å². The Morgan fingerprint density at radius 3 is 2.67 bits per heavy atom. The highest BCUT2D eigenvalue weighted by Gasteiger charge is 2.11. The van der Waals surface area contributed by atoms with Crippen molar-refractivity contribution in [3.05, 3.63) is 76.5 Å². The highest BCUT2D eigenvalue weighted by Crippen LogP contribution is 2.27. The van der Waals surface area contributed by atoms with Crippen LogP contribution in [-0.2, 0) is 6.42 Å². The lowest BCUT2D eigenvalue weighted by molar-refractivity contribution is 0.0977. The molecule has 0 aliphatic carbocycles. The molecule has 2 aromatic heterocycles. The number of thiocarbonyl (C=S) groups is 1. The average Bonchev–Trinajstić information content (AvgIpc) is 3.17. The standard InChI is InChI=1S/C22H17BrN4O2S/c1-2-13-3-5-14(6-4-13)20(28)27-22(30)25-17-7-8-19-18(10-17)26-21(29-19)15-9-16(23)12-24-11-15/h3-12H,2H2,1H3,(H2,25,27,28,30). The van der Waals surface area contributed by atoms with E-state index in [9.17, 15) is 4.79 Å². The second-order valence-electron chi connectivity index (χ2n) is 6.55. The van der Waals surface area contributed by atoms with E-state index in [1.54, 1.807) is 30.6 Å². The van der Waals surface area contributed by atoms with Crippen LogP contribution in [0.4, 0.5) is 5.69 Å². The number of anilines is 1. The molecule has 6 nitrogen and oxygen atoms in total. The van der Waals surface area contributed by atoms with Crippen LogP contribution in [0.3, 0.4) is 0 Å². The van der Waals surface area contributed by atoms with Crippen molar-refractivity contribution >= 4 is 56.0 Å². The van der Waals surface area contributed by atoms with Crippen LogP contribution in [0.5, 0.6) is 0 Å². The van der Waals surface area contributed by atoms with E-state index in [4.69, 9.17) is 16.6 Å². The Morgan fingerprint density at radius 1 is 1.13 bits per heavy atom. The van der Waals surface area contributed by atoms with Crippen LogP contribution in [0.25, 0.3) is 22.6 Å². The van der Waals surface area contributed by atoms with Crippen LogP contribution in [0, 0.1) is 0 Å². The molecular weight excluding hydrogens is 464 g/mol. The van der Waals surface area contributed by atoms with Crippen LogP contribution in [0.15, 0.2) is 69.8 Å². The van der Waals surface area contributed by atoms with Gasteiger partial charge in [0.15, 0.2) is 10.7 Å². The Kier molecular flexibility index (Phi) is 5.87. The second kappa shape index (κ2) is 8.73. The molecule has 0 aliphatic heterocycles. The van der Waals surface area contributed by atoms with Gasteiger partial charge in [-0.1, -0.05) is 19.1 Å². The first-order chi connectivity index (χ1) is 14.5. The number of benzene rings is 2. The number of hydrogen-bond acceptors (Lipinski definition) is 5. The molecule has 0 bridgehead atoms. The Balaban J connectivity index is 1.46. The van der Waals surface area contributed by atoms with E-state index in [-0.39, 0.29) is 11.0 Å². The van der Waals surface area contributed by atoms with Crippen LogP contribution in [0.2, 0.25) is 0 Å². The first-order valence-electron chi connectivity index (χ1n) is 9.24. The number of carbonyl (C=O) groups excluding carboxylic acids is 1. The van der Waals surface area contributed by atoms with Crippen molar-refractivity contribution < 1.29 is 9.21 Å². The third kappa shape index (κ3) is 4.55. The third-order valence-electron chi connectivity index (χ3n) is 4.45. The quantitative estimate of drug-likeness (QED) is 0.383. The summed E-state index contributed by atoms with van der Waals surface area (Å²) in [6.07, 6.45) is 4.31. The first-order valence-corrected chi connectivity index (χ1v) is 10.4. The number of aromatic nitrogens is 2. The zero-order valence-corrected chi connectivity index (χ0v) is 18.4. The summed E-state index contributed by atoms with van der Waals surface area (Å²) in [5.41, 5.74) is 4.50. The molecule has 4 aromatic rings. The van der Waals surface area contributed by atoms with Crippen LogP contribution >= 0.6 is 28.1 Å². The van der Waals surface area contributed by atoms with Gasteiger partial charge in [-0.3, -0.25) is 15.1 Å². The van der Waals surface area contributed by atoms with E-state index >= 15 is 0 Å². The van der Waals surface area contributed by atoms with Crippen LogP contribution < -0.4 is 10.6 Å². The van der Waals surface area contributed by atoms with Gasteiger partial charge in [0.25, 0.3) is 5.91 Å². The minimum absolute atomic E-state index is 0.207. The summed E-state index contributed by atoms with van der Waals surface area (Å²) in [6.45, 7) is 2.07. The van der Waals surface area contributed by atoms with Crippen molar-refractivity contribution in [3.8, 4) is 11.5 Å². The Bertz CT molecular complexity index is 1240. The highest BCUT2D eigenvalue weighted by molar-refractivity contribution is 9.10. The van der Waals surface area contributed by atoms with Gasteiger partial charge in [0.2, 0.25) is 5.89 Å². The predicted molar refractivity (Wildman–Crippen MR) is 124 cm³/mol. The molecular formula is C22H17BrN4O2S. The van der Waals surface area contributed by atoms with Crippen molar-refractivity contribution in [1.82, 2.24) is 15.3 Å². The van der Waals surface area contributed by atoms with Crippen molar-refractivity contribution in [2.24, 2.45) is 0 Å². The summed E-state index contributed by atoms with van der Waals surface area (Å²) in [5, 5.41) is 5.91. The predicted octanol–water partition coefficient (Wildman–Crippen LogP) is 5.34. The summed E-state index contributed by atoms with van der Waals surface area (Å²) < 4.78 is 6.65. The molecule has 30 heavy (non-hydrogen) atoms. The number of rotatable bonds is 4.